The Morgan fingerprint density at radius 2 is 1.80 bits per heavy atom. The first-order chi connectivity index (χ1) is 4.85. The molecule has 0 rings (SSSR count). The van der Waals surface area contributed by atoms with E-state index < -0.39 is 0 Å². The molecule has 0 amide bonds. The Hall–Kier alpha value is 1.17. The maximum atomic E-state index is 5.31. The van der Waals surface area contributed by atoms with Crippen LogP contribution in [0.4, 0.5) is 0 Å². The van der Waals surface area contributed by atoms with Crippen molar-refractivity contribution in [2.24, 2.45) is 0 Å². The van der Waals surface area contributed by atoms with Gasteiger partial charge in [-0.3, -0.25) is 0 Å². The van der Waals surface area contributed by atoms with Crippen molar-refractivity contribution in [2.75, 3.05) is 13.2 Å². The Balaban J connectivity index is 3.30. The van der Waals surface area contributed by atoms with Gasteiger partial charge in [0, 0.05) is 13.2 Å². The molecular formula is C6H13BrMgO2. The Morgan fingerprint density at radius 1 is 1.30 bits per heavy atom. The summed E-state index contributed by atoms with van der Waals surface area (Å²) in [5.41, 5.74) is 0. The summed E-state index contributed by atoms with van der Waals surface area (Å²) in [6, 6.07) is 0. The second-order valence-corrected chi connectivity index (χ2v) is 5.15. The first-order valence-electron chi connectivity index (χ1n) is 3.64. The molecule has 0 heterocycles. The van der Waals surface area contributed by atoms with Crippen LogP contribution in [0.15, 0.2) is 0 Å². The average molecular weight is 221 g/mol. The van der Waals surface area contributed by atoms with Crippen molar-refractivity contribution in [2.45, 2.75) is 24.7 Å². The summed E-state index contributed by atoms with van der Waals surface area (Å²) in [6.07, 6.45) is 0.0426. The second kappa shape index (κ2) is 8.26. The Kier molecular flexibility index (Phi) is 9.23. The van der Waals surface area contributed by atoms with Gasteiger partial charge < -0.3 is 22.4 Å². The predicted molar refractivity (Wildman–Crippen MR) is 46.5 cm³/mol. The molecule has 0 aliphatic rings. The molecule has 0 spiro atoms. The Bertz CT molecular complexity index is 58.5. The largest absolute Gasteiger partial charge is 0.474 e. The maximum Gasteiger partial charge on any atom is 0.474 e. The zero-order chi connectivity index (χ0) is 7.82. The van der Waals surface area contributed by atoms with Crippen molar-refractivity contribution < 1.29 is 9.47 Å². The van der Waals surface area contributed by atoms with E-state index >= 15 is 0 Å². The van der Waals surface area contributed by atoms with Crippen molar-refractivity contribution >= 4 is 31.1 Å². The van der Waals surface area contributed by atoms with E-state index in [1.807, 2.05) is 13.8 Å². The maximum absolute atomic E-state index is 5.31. The number of hydrogen-bond acceptors (Lipinski definition) is 2. The molecule has 0 radical (unpaired) electrons. The van der Waals surface area contributed by atoms with Crippen LogP contribution in [0, 0.1) is 0 Å². The highest BCUT2D eigenvalue weighted by Gasteiger charge is 2.06. The minimum Gasteiger partial charge on any atom is -0.355 e. The summed E-state index contributed by atoms with van der Waals surface area (Å²) in [5, 5.41) is 0. The normalized spacial score (nSPS) is 10.0. The lowest BCUT2D eigenvalue weighted by Crippen LogP contribution is -2.17. The van der Waals surface area contributed by atoms with Crippen molar-refractivity contribution in [3.8, 4) is 0 Å². The molecule has 10 heavy (non-hydrogen) atoms. The third-order valence-electron chi connectivity index (χ3n) is 1.05. The molecule has 0 aliphatic heterocycles. The van der Waals surface area contributed by atoms with Gasteiger partial charge in [-0.25, -0.2) is 0 Å². The molecule has 0 aliphatic carbocycles. The first-order valence-corrected chi connectivity index (χ1v) is 8.54. The standard InChI is InChI=1S/C6H13O2.BrH.Mg/c1-4-7-6(3)8-5-2;;/h6H,3-5H2,1-2H3;1H;/q;;+1/p-1. The molecule has 0 unspecified atom stereocenters. The molecule has 0 atom stereocenters. The van der Waals surface area contributed by atoms with E-state index in [1.54, 1.807) is 0 Å². The third kappa shape index (κ3) is 5.91. The zero-order valence-electron chi connectivity index (χ0n) is 6.60. The molecule has 0 saturated carbocycles. The highest BCUT2D eigenvalue weighted by molar-refractivity contribution is 9.23. The minimum atomic E-state index is -0.112. The van der Waals surface area contributed by atoms with Gasteiger partial charge in [0.25, 0.3) is 0 Å². The van der Waals surface area contributed by atoms with Crippen LogP contribution in [-0.4, -0.2) is 37.7 Å². The number of hydrogen-bond donors (Lipinski definition) is 0. The minimum absolute atomic E-state index is 0.0426. The lowest BCUT2D eigenvalue weighted by atomic mass is 10.7. The van der Waals surface area contributed by atoms with Crippen LogP contribution in [0.3, 0.4) is 0 Å². The molecule has 0 saturated heterocycles. The first kappa shape index (κ1) is 11.2. The van der Waals surface area contributed by atoms with E-state index in [-0.39, 0.29) is 24.5 Å². The van der Waals surface area contributed by atoms with Crippen molar-refractivity contribution in [1.82, 2.24) is 0 Å². The summed E-state index contributed by atoms with van der Waals surface area (Å²) in [6.45, 7) is 5.46. The van der Waals surface area contributed by atoms with Gasteiger partial charge in [-0.2, -0.15) is 0 Å². The van der Waals surface area contributed by atoms with E-state index in [2.05, 4.69) is 12.9 Å². The predicted octanol–water partition coefficient (Wildman–Crippen LogP) is 1.82. The smallest absolute Gasteiger partial charge is 0.355 e. The quantitative estimate of drug-likeness (QED) is 0.503. The van der Waals surface area contributed by atoms with Gasteiger partial charge in [0.15, 0.2) is 0 Å². The monoisotopic (exact) mass is 220 g/mol. The van der Waals surface area contributed by atoms with E-state index in [1.165, 1.54) is 0 Å². The summed E-state index contributed by atoms with van der Waals surface area (Å²) in [4.78, 5) is 0. The van der Waals surface area contributed by atoms with Crippen LogP contribution >= 0.6 is 12.9 Å². The Morgan fingerprint density at radius 3 is 2.10 bits per heavy atom. The summed E-state index contributed by atoms with van der Waals surface area (Å²) in [5.74, 6) is 0. The molecule has 0 fully saturated rings. The Labute approximate surface area is 78.2 Å². The second-order valence-electron chi connectivity index (χ2n) is 1.82. The number of halogens is 1. The van der Waals surface area contributed by atoms with Gasteiger partial charge in [-0.1, -0.05) is 4.55 Å². The van der Waals surface area contributed by atoms with E-state index in [0.29, 0.717) is 0 Å². The fourth-order valence-electron chi connectivity index (χ4n) is 0.676. The molecule has 0 aromatic rings. The molecule has 0 aromatic carbocycles. The van der Waals surface area contributed by atoms with Gasteiger partial charge in [-0.05, 0) is 13.8 Å². The highest BCUT2D eigenvalue weighted by Crippen LogP contribution is 2.02. The van der Waals surface area contributed by atoms with Gasteiger partial charge in [0.1, 0.15) is 6.29 Å². The van der Waals surface area contributed by atoms with Crippen LogP contribution in [0.5, 0.6) is 0 Å². The van der Waals surface area contributed by atoms with Gasteiger partial charge in [-0.15, -0.1) is 0 Å². The molecule has 58 valence electrons. The molecule has 0 N–H and O–H groups in total. The van der Waals surface area contributed by atoms with Crippen LogP contribution in [-0.2, 0) is 9.47 Å². The number of ether oxygens (including phenoxy) is 2. The van der Waals surface area contributed by atoms with Crippen LogP contribution in [0.25, 0.3) is 0 Å². The van der Waals surface area contributed by atoms with Crippen molar-refractivity contribution in [1.29, 1.82) is 0 Å². The SMILES string of the molecule is CCOC([CH2][Mg][Br])OCC. The van der Waals surface area contributed by atoms with Crippen molar-refractivity contribution in [3.05, 3.63) is 0 Å². The van der Waals surface area contributed by atoms with Crippen molar-refractivity contribution in [3.63, 3.8) is 0 Å². The fraction of sp³-hybridized carbons (Fsp3) is 1.00. The van der Waals surface area contributed by atoms with E-state index in [4.69, 9.17) is 9.47 Å². The van der Waals surface area contributed by atoms with Crippen LogP contribution < -0.4 is 0 Å². The zero-order valence-corrected chi connectivity index (χ0v) is 9.60. The lowest BCUT2D eigenvalue weighted by Gasteiger charge is -2.15. The summed E-state index contributed by atoms with van der Waals surface area (Å²) >= 11 is 3.36. The molecular weight excluding hydrogens is 208 g/mol. The lowest BCUT2D eigenvalue weighted by molar-refractivity contribution is -0.122. The van der Waals surface area contributed by atoms with Gasteiger partial charge >= 0.3 is 18.2 Å². The molecule has 4 heteroatoms. The average Bonchev–Trinajstić information content (AvgIpc) is 1.90. The van der Waals surface area contributed by atoms with E-state index in [9.17, 15) is 0 Å². The van der Waals surface area contributed by atoms with Crippen LogP contribution in [0.2, 0.25) is 4.55 Å². The number of rotatable bonds is 6. The topological polar surface area (TPSA) is 18.5 Å². The van der Waals surface area contributed by atoms with E-state index in [0.717, 1.165) is 17.8 Å². The van der Waals surface area contributed by atoms with Gasteiger partial charge in [0.05, 0.1) is 0 Å². The summed E-state index contributed by atoms with van der Waals surface area (Å²) in [7, 11) is 0. The molecule has 2 nitrogen and oxygen atoms in total. The third-order valence-corrected chi connectivity index (χ3v) is 3.11. The fourth-order valence-corrected chi connectivity index (χ4v) is 2.31. The molecule has 0 bridgehead atoms. The van der Waals surface area contributed by atoms with Gasteiger partial charge in [0.2, 0.25) is 0 Å². The highest BCUT2D eigenvalue weighted by atomic mass is 79.9. The van der Waals surface area contributed by atoms with Crippen LogP contribution in [0.1, 0.15) is 13.8 Å². The molecule has 0 aromatic heterocycles. The summed E-state index contributed by atoms with van der Waals surface area (Å²) < 4.78 is 11.7.